The third-order valence-corrected chi connectivity index (χ3v) is 6.19. The molecule has 1 saturated heterocycles. The SMILES string of the molecule is CCCCC1CCC(COC(C)CCC(C)C2=C(F)C(F)=C(OC)CC2)OC1. The van der Waals surface area contributed by atoms with Gasteiger partial charge in [-0.05, 0) is 62.9 Å². The van der Waals surface area contributed by atoms with Crippen molar-refractivity contribution in [2.45, 2.75) is 90.8 Å². The van der Waals surface area contributed by atoms with Gasteiger partial charge in [0.05, 0.1) is 25.9 Å². The fourth-order valence-electron chi connectivity index (χ4n) is 4.11. The molecule has 162 valence electrons. The molecule has 0 aromatic rings. The van der Waals surface area contributed by atoms with Crippen molar-refractivity contribution in [1.82, 2.24) is 0 Å². The molecule has 0 N–H and O–H groups in total. The molecule has 0 bridgehead atoms. The number of methoxy groups -OCH3 is 1. The van der Waals surface area contributed by atoms with Crippen LogP contribution in [0.4, 0.5) is 8.78 Å². The minimum atomic E-state index is -0.827. The van der Waals surface area contributed by atoms with Gasteiger partial charge in [-0.2, -0.15) is 0 Å². The Morgan fingerprint density at radius 1 is 1.11 bits per heavy atom. The predicted molar refractivity (Wildman–Crippen MR) is 108 cm³/mol. The molecule has 3 nitrogen and oxygen atoms in total. The van der Waals surface area contributed by atoms with E-state index in [2.05, 4.69) is 13.8 Å². The number of hydrogen-bond acceptors (Lipinski definition) is 3. The summed E-state index contributed by atoms with van der Waals surface area (Å²) in [6.07, 6.45) is 8.95. The molecule has 0 saturated carbocycles. The molecule has 0 amide bonds. The van der Waals surface area contributed by atoms with Crippen LogP contribution in [-0.2, 0) is 14.2 Å². The molecule has 1 fully saturated rings. The molecule has 28 heavy (non-hydrogen) atoms. The number of halogens is 2. The van der Waals surface area contributed by atoms with Gasteiger partial charge in [-0.15, -0.1) is 0 Å². The first kappa shape index (κ1) is 23.3. The van der Waals surface area contributed by atoms with E-state index in [4.69, 9.17) is 14.2 Å². The Bertz CT molecular complexity index is 536. The molecule has 2 rings (SSSR count). The molecule has 0 aromatic heterocycles. The first-order chi connectivity index (χ1) is 13.5. The first-order valence-corrected chi connectivity index (χ1v) is 11.0. The van der Waals surface area contributed by atoms with Crippen molar-refractivity contribution < 1.29 is 23.0 Å². The summed E-state index contributed by atoms with van der Waals surface area (Å²) >= 11 is 0. The van der Waals surface area contributed by atoms with Gasteiger partial charge in [0.1, 0.15) is 5.76 Å². The Balaban J connectivity index is 1.68. The van der Waals surface area contributed by atoms with Crippen molar-refractivity contribution in [3.05, 3.63) is 23.0 Å². The Hall–Kier alpha value is -0.940. The van der Waals surface area contributed by atoms with Crippen LogP contribution in [0.3, 0.4) is 0 Å². The van der Waals surface area contributed by atoms with Gasteiger partial charge in [0.2, 0.25) is 0 Å². The van der Waals surface area contributed by atoms with Gasteiger partial charge in [0, 0.05) is 13.0 Å². The van der Waals surface area contributed by atoms with E-state index < -0.39 is 11.7 Å². The zero-order chi connectivity index (χ0) is 20.5. The third kappa shape index (κ3) is 6.84. The standard InChI is InChI=1S/C23H38F2O3/c1-5-6-7-18-10-11-19(28-14-18)15-27-17(3)9-8-16(2)20-12-13-21(26-4)23(25)22(20)24/h16-19H,5-15H2,1-4H3. The molecule has 0 spiro atoms. The zero-order valence-electron chi connectivity index (χ0n) is 18.1. The van der Waals surface area contributed by atoms with Crippen molar-refractivity contribution in [3.8, 4) is 0 Å². The van der Waals surface area contributed by atoms with E-state index in [9.17, 15) is 8.78 Å². The van der Waals surface area contributed by atoms with Crippen LogP contribution in [-0.4, -0.2) is 32.5 Å². The third-order valence-electron chi connectivity index (χ3n) is 6.19. The highest BCUT2D eigenvalue weighted by Crippen LogP contribution is 2.37. The quantitative estimate of drug-likeness (QED) is 0.389. The van der Waals surface area contributed by atoms with Gasteiger partial charge in [0.25, 0.3) is 0 Å². The number of rotatable bonds is 11. The fraction of sp³-hybridized carbons (Fsp3) is 0.826. The molecule has 1 heterocycles. The summed E-state index contributed by atoms with van der Waals surface area (Å²) in [4.78, 5) is 0. The van der Waals surface area contributed by atoms with E-state index in [1.54, 1.807) is 0 Å². The average molecular weight is 401 g/mol. The highest BCUT2D eigenvalue weighted by Gasteiger charge is 2.27. The van der Waals surface area contributed by atoms with Gasteiger partial charge >= 0.3 is 0 Å². The summed E-state index contributed by atoms with van der Waals surface area (Å²) in [5.41, 5.74) is 0.569. The zero-order valence-corrected chi connectivity index (χ0v) is 18.1. The summed E-state index contributed by atoms with van der Waals surface area (Å²) in [6.45, 7) is 7.73. The Kier molecular flexibility index (Phi) is 9.93. The second kappa shape index (κ2) is 11.9. The molecular formula is C23H38F2O3. The molecule has 1 aliphatic carbocycles. The van der Waals surface area contributed by atoms with Crippen LogP contribution in [0.2, 0.25) is 0 Å². The van der Waals surface area contributed by atoms with Crippen molar-refractivity contribution in [3.63, 3.8) is 0 Å². The second-order valence-corrected chi connectivity index (χ2v) is 8.44. The molecule has 0 radical (unpaired) electrons. The van der Waals surface area contributed by atoms with Crippen LogP contribution in [0.15, 0.2) is 23.0 Å². The maximum absolute atomic E-state index is 14.3. The van der Waals surface area contributed by atoms with Crippen molar-refractivity contribution in [1.29, 1.82) is 0 Å². The maximum atomic E-state index is 14.3. The van der Waals surface area contributed by atoms with Crippen LogP contribution < -0.4 is 0 Å². The first-order valence-electron chi connectivity index (χ1n) is 11.0. The van der Waals surface area contributed by atoms with Gasteiger partial charge in [-0.1, -0.05) is 26.7 Å². The van der Waals surface area contributed by atoms with Crippen molar-refractivity contribution >= 4 is 0 Å². The fourth-order valence-corrected chi connectivity index (χ4v) is 4.11. The number of allylic oxidation sites excluding steroid dienone is 4. The lowest BCUT2D eigenvalue weighted by Gasteiger charge is -2.30. The normalized spacial score (nSPS) is 25.8. The largest absolute Gasteiger partial charge is 0.498 e. The van der Waals surface area contributed by atoms with Gasteiger partial charge in [0.15, 0.2) is 11.7 Å². The van der Waals surface area contributed by atoms with E-state index >= 15 is 0 Å². The lowest BCUT2D eigenvalue weighted by molar-refractivity contribution is -0.0781. The number of unbranched alkanes of at least 4 members (excludes halogenated alkanes) is 1. The topological polar surface area (TPSA) is 27.7 Å². The van der Waals surface area contributed by atoms with E-state index in [1.165, 1.54) is 32.8 Å². The average Bonchev–Trinajstić information content (AvgIpc) is 2.71. The smallest absolute Gasteiger partial charge is 0.196 e. The van der Waals surface area contributed by atoms with Gasteiger partial charge in [-0.25, -0.2) is 8.78 Å². The van der Waals surface area contributed by atoms with E-state index in [0.717, 1.165) is 25.9 Å². The molecule has 4 atom stereocenters. The predicted octanol–water partition coefficient (Wildman–Crippen LogP) is 6.64. The number of hydrogen-bond donors (Lipinski definition) is 0. The molecule has 5 heteroatoms. The number of ether oxygens (including phenoxy) is 3. The minimum absolute atomic E-state index is 0.000426. The summed E-state index contributed by atoms with van der Waals surface area (Å²) in [5.74, 6) is -0.722. The second-order valence-electron chi connectivity index (χ2n) is 8.44. The summed E-state index contributed by atoms with van der Waals surface area (Å²) in [7, 11) is 1.39. The summed E-state index contributed by atoms with van der Waals surface area (Å²) in [5, 5.41) is 0. The van der Waals surface area contributed by atoms with E-state index in [0.29, 0.717) is 30.9 Å². The van der Waals surface area contributed by atoms with Gasteiger partial charge in [-0.3, -0.25) is 0 Å². The van der Waals surface area contributed by atoms with E-state index in [1.807, 2.05) is 6.92 Å². The molecular weight excluding hydrogens is 362 g/mol. The van der Waals surface area contributed by atoms with Crippen LogP contribution >= 0.6 is 0 Å². The monoisotopic (exact) mass is 400 g/mol. The van der Waals surface area contributed by atoms with Crippen LogP contribution in [0.5, 0.6) is 0 Å². The Morgan fingerprint density at radius 3 is 2.54 bits per heavy atom. The van der Waals surface area contributed by atoms with Crippen molar-refractivity contribution in [2.75, 3.05) is 20.3 Å². The van der Waals surface area contributed by atoms with Crippen LogP contribution in [0.25, 0.3) is 0 Å². The maximum Gasteiger partial charge on any atom is 0.196 e. The highest BCUT2D eigenvalue weighted by molar-refractivity contribution is 5.33. The Morgan fingerprint density at radius 2 is 1.89 bits per heavy atom. The Labute approximate surface area is 169 Å². The molecule has 1 aliphatic heterocycles. The van der Waals surface area contributed by atoms with Crippen LogP contribution in [0, 0.1) is 11.8 Å². The molecule has 4 unspecified atom stereocenters. The van der Waals surface area contributed by atoms with Crippen LogP contribution in [0.1, 0.15) is 78.6 Å². The van der Waals surface area contributed by atoms with E-state index in [-0.39, 0.29) is 23.9 Å². The van der Waals surface area contributed by atoms with Gasteiger partial charge < -0.3 is 14.2 Å². The lowest BCUT2D eigenvalue weighted by atomic mass is 9.88. The summed E-state index contributed by atoms with van der Waals surface area (Å²) in [6, 6.07) is 0. The molecule has 0 aromatic carbocycles. The summed E-state index contributed by atoms with van der Waals surface area (Å²) < 4.78 is 45.1. The highest BCUT2D eigenvalue weighted by atomic mass is 19.2. The lowest BCUT2D eigenvalue weighted by Crippen LogP contribution is -2.31. The van der Waals surface area contributed by atoms with Crippen molar-refractivity contribution in [2.24, 2.45) is 11.8 Å². The minimum Gasteiger partial charge on any atom is -0.498 e. The molecule has 2 aliphatic rings.